The Kier molecular flexibility index (Phi) is 2.53. The molecule has 2 heterocycles. The minimum atomic E-state index is -0.138. The van der Waals surface area contributed by atoms with Crippen molar-refractivity contribution in [3.8, 4) is 0 Å². The molecule has 3 rings (SSSR count). The molecule has 0 bridgehead atoms. The second-order valence-corrected chi connectivity index (χ2v) is 3.92. The van der Waals surface area contributed by atoms with Gasteiger partial charge in [-0.15, -0.1) is 0 Å². The largest absolute Gasteiger partial charge is 0.345 e. The maximum absolute atomic E-state index is 12.1. The second-order valence-electron chi connectivity index (χ2n) is 3.92. The van der Waals surface area contributed by atoms with Crippen LogP contribution < -0.4 is 5.32 Å². The first kappa shape index (κ1) is 10.5. The van der Waals surface area contributed by atoms with Crippen LogP contribution in [0.3, 0.4) is 0 Å². The van der Waals surface area contributed by atoms with Crippen molar-refractivity contribution in [2.24, 2.45) is 0 Å². The Labute approximate surface area is 104 Å². The molecule has 2 N–H and O–H groups in total. The van der Waals surface area contributed by atoms with Gasteiger partial charge in [-0.25, -0.2) is 4.98 Å². The summed E-state index contributed by atoms with van der Waals surface area (Å²) < 4.78 is 0. The number of nitrogens with zero attached hydrogens (tertiary/aromatic N) is 1. The van der Waals surface area contributed by atoms with Gasteiger partial charge in [0.1, 0.15) is 5.65 Å². The summed E-state index contributed by atoms with van der Waals surface area (Å²) in [6.07, 6.45) is 3.37. The van der Waals surface area contributed by atoms with Crippen LogP contribution in [0.15, 0.2) is 54.9 Å². The number of benzene rings is 1. The summed E-state index contributed by atoms with van der Waals surface area (Å²) in [5.41, 5.74) is 2.10. The minimum absolute atomic E-state index is 0.138. The number of H-pyrrole nitrogens is 1. The van der Waals surface area contributed by atoms with Gasteiger partial charge in [0.25, 0.3) is 5.91 Å². The van der Waals surface area contributed by atoms with Crippen molar-refractivity contribution in [1.82, 2.24) is 9.97 Å². The fraction of sp³-hybridized carbons (Fsp3) is 0. The summed E-state index contributed by atoms with van der Waals surface area (Å²) in [6, 6.07) is 13.1. The van der Waals surface area contributed by atoms with Crippen molar-refractivity contribution < 1.29 is 4.79 Å². The molecule has 0 saturated carbocycles. The quantitative estimate of drug-likeness (QED) is 0.720. The molecule has 1 aromatic carbocycles. The summed E-state index contributed by atoms with van der Waals surface area (Å²) in [7, 11) is 0. The van der Waals surface area contributed by atoms with Crippen LogP contribution in [-0.4, -0.2) is 15.9 Å². The summed E-state index contributed by atoms with van der Waals surface area (Å²) >= 11 is 0. The first-order valence-corrected chi connectivity index (χ1v) is 5.63. The molecule has 0 aliphatic rings. The molecule has 4 heteroatoms. The molecule has 0 saturated heterocycles. The number of fused-ring (bicyclic) bond motifs is 1. The van der Waals surface area contributed by atoms with E-state index in [9.17, 15) is 4.79 Å². The van der Waals surface area contributed by atoms with Crippen LogP contribution in [0.2, 0.25) is 0 Å². The second kappa shape index (κ2) is 4.33. The first-order chi connectivity index (χ1) is 8.84. The zero-order valence-corrected chi connectivity index (χ0v) is 9.55. The van der Waals surface area contributed by atoms with Crippen LogP contribution >= 0.6 is 0 Å². The molecule has 2 aromatic heterocycles. The van der Waals surface area contributed by atoms with Gasteiger partial charge in [0.2, 0.25) is 0 Å². The van der Waals surface area contributed by atoms with Crippen molar-refractivity contribution in [3.05, 3.63) is 60.4 Å². The van der Waals surface area contributed by atoms with E-state index in [4.69, 9.17) is 0 Å². The van der Waals surface area contributed by atoms with Gasteiger partial charge in [-0.2, -0.15) is 0 Å². The molecule has 88 valence electrons. The van der Waals surface area contributed by atoms with Gasteiger partial charge in [0, 0.05) is 23.5 Å². The molecule has 0 aliphatic heterocycles. The molecular weight excluding hydrogens is 226 g/mol. The Hall–Kier alpha value is -2.62. The topological polar surface area (TPSA) is 57.8 Å². The Morgan fingerprint density at radius 3 is 2.78 bits per heavy atom. The number of anilines is 1. The molecule has 1 amide bonds. The van der Waals surface area contributed by atoms with Crippen molar-refractivity contribution in [1.29, 1.82) is 0 Å². The molecule has 0 unspecified atom stereocenters. The number of para-hydroxylation sites is 1. The van der Waals surface area contributed by atoms with Gasteiger partial charge in [-0.05, 0) is 24.3 Å². The third kappa shape index (κ3) is 1.84. The van der Waals surface area contributed by atoms with E-state index in [2.05, 4.69) is 15.3 Å². The van der Waals surface area contributed by atoms with Crippen LogP contribution in [0.5, 0.6) is 0 Å². The number of hydrogen-bond donors (Lipinski definition) is 2. The minimum Gasteiger partial charge on any atom is -0.345 e. The van der Waals surface area contributed by atoms with Crippen LogP contribution in [-0.2, 0) is 0 Å². The molecule has 0 atom stereocenters. The maximum atomic E-state index is 12.1. The van der Waals surface area contributed by atoms with Crippen molar-refractivity contribution in [3.63, 3.8) is 0 Å². The lowest BCUT2D eigenvalue weighted by Crippen LogP contribution is -2.11. The van der Waals surface area contributed by atoms with Gasteiger partial charge in [-0.1, -0.05) is 18.2 Å². The van der Waals surface area contributed by atoms with E-state index < -0.39 is 0 Å². The normalized spacial score (nSPS) is 10.4. The number of hydrogen-bond acceptors (Lipinski definition) is 2. The number of nitrogens with one attached hydrogen (secondary N) is 2. The number of pyridine rings is 1. The summed E-state index contributed by atoms with van der Waals surface area (Å²) in [6.45, 7) is 0. The predicted octanol–water partition coefficient (Wildman–Crippen LogP) is 2.82. The Morgan fingerprint density at radius 2 is 1.94 bits per heavy atom. The average molecular weight is 237 g/mol. The standard InChI is InChI=1S/C14H11N3O/c18-14(17-10-5-2-1-3-6-10)12-9-16-13-11(12)7-4-8-15-13/h1-9H,(H,15,16)(H,17,18). The fourth-order valence-electron chi connectivity index (χ4n) is 1.86. The van der Waals surface area contributed by atoms with E-state index >= 15 is 0 Å². The van der Waals surface area contributed by atoms with Gasteiger partial charge < -0.3 is 10.3 Å². The number of rotatable bonds is 2. The average Bonchev–Trinajstić information content (AvgIpc) is 2.84. The molecular formula is C14H11N3O. The maximum Gasteiger partial charge on any atom is 0.257 e. The third-order valence-corrected chi connectivity index (χ3v) is 2.73. The SMILES string of the molecule is O=C(Nc1ccccc1)c1c[nH]c2ncccc12. The van der Waals surface area contributed by atoms with Crippen LogP contribution in [0.4, 0.5) is 5.69 Å². The molecule has 0 spiro atoms. The van der Waals surface area contributed by atoms with Crippen LogP contribution in [0.25, 0.3) is 11.0 Å². The number of carbonyl (C=O) groups is 1. The molecule has 3 aromatic rings. The number of aromatic nitrogens is 2. The van der Waals surface area contributed by atoms with E-state index in [1.54, 1.807) is 12.4 Å². The summed E-state index contributed by atoms with van der Waals surface area (Å²) in [5.74, 6) is -0.138. The monoisotopic (exact) mass is 237 g/mol. The van der Waals surface area contributed by atoms with E-state index in [0.29, 0.717) is 5.56 Å². The van der Waals surface area contributed by atoms with E-state index in [0.717, 1.165) is 16.7 Å². The highest BCUT2D eigenvalue weighted by Crippen LogP contribution is 2.17. The van der Waals surface area contributed by atoms with Gasteiger partial charge in [-0.3, -0.25) is 4.79 Å². The highest BCUT2D eigenvalue weighted by Gasteiger charge is 2.11. The summed E-state index contributed by atoms with van der Waals surface area (Å²) in [5, 5.41) is 3.67. The third-order valence-electron chi connectivity index (χ3n) is 2.73. The highest BCUT2D eigenvalue weighted by atomic mass is 16.1. The van der Waals surface area contributed by atoms with E-state index in [-0.39, 0.29) is 5.91 Å². The lowest BCUT2D eigenvalue weighted by molar-refractivity contribution is 0.102. The Bertz CT molecular complexity index is 688. The van der Waals surface area contributed by atoms with E-state index in [1.165, 1.54) is 0 Å². The lowest BCUT2D eigenvalue weighted by Gasteiger charge is -2.03. The predicted molar refractivity (Wildman–Crippen MR) is 70.5 cm³/mol. The van der Waals surface area contributed by atoms with Gasteiger partial charge in [0.05, 0.1) is 5.56 Å². The summed E-state index contributed by atoms with van der Waals surface area (Å²) in [4.78, 5) is 19.3. The Morgan fingerprint density at radius 1 is 1.11 bits per heavy atom. The van der Waals surface area contributed by atoms with Crippen LogP contribution in [0, 0.1) is 0 Å². The molecule has 0 fully saturated rings. The highest BCUT2D eigenvalue weighted by molar-refractivity contribution is 6.12. The number of carbonyl (C=O) groups excluding carboxylic acids is 1. The van der Waals surface area contributed by atoms with Crippen molar-refractivity contribution >= 4 is 22.6 Å². The fourth-order valence-corrected chi connectivity index (χ4v) is 1.86. The number of aromatic amines is 1. The molecule has 4 nitrogen and oxygen atoms in total. The smallest absolute Gasteiger partial charge is 0.257 e. The van der Waals surface area contributed by atoms with Gasteiger partial charge >= 0.3 is 0 Å². The lowest BCUT2D eigenvalue weighted by atomic mass is 10.2. The van der Waals surface area contributed by atoms with Crippen molar-refractivity contribution in [2.75, 3.05) is 5.32 Å². The Balaban J connectivity index is 1.93. The van der Waals surface area contributed by atoms with Crippen molar-refractivity contribution in [2.45, 2.75) is 0 Å². The molecule has 18 heavy (non-hydrogen) atoms. The van der Waals surface area contributed by atoms with E-state index in [1.807, 2.05) is 42.5 Å². The zero-order chi connectivity index (χ0) is 12.4. The van der Waals surface area contributed by atoms with Crippen LogP contribution in [0.1, 0.15) is 10.4 Å². The first-order valence-electron chi connectivity index (χ1n) is 5.63. The van der Waals surface area contributed by atoms with Gasteiger partial charge in [0.15, 0.2) is 0 Å². The zero-order valence-electron chi connectivity index (χ0n) is 9.55. The molecule has 0 aliphatic carbocycles. The molecule has 0 radical (unpaired) electrons. The number of amides is 1.